The fourth-order valence-electron chi connectivity index (χ4n) is 4.69. The van der Waals surface area contributed by atoms with Crippen molar-refractivity contribution in [2.24, 2.45) is 11.8 Å². The predicted octanol–water partition coefficient (Wildman–Crippen LogP) is 5.49. The van der Waals surface area contributed by atoms with Crippen LogP contribution in [0, 0.1) is 11.8 Å². The van der Waals surface area contributed by atoms with Crippen molar-refractivity contribution in [3.63, 3.8) is 0 Å². The first kappa shape index (κ1) is 26.9. The van der Waals surface area contributed by atoms with Crippen LogP contribution in [0.25, 0.3) is 0 Å². The van der Waals surface area contributed by atoms with Gasteiger partial charge >= 0.3 is 0 Å². The first-order chi connectivity index (χ1) is 15.5. The third-order valence-electron chi connectivity index (χ3n) is 6.82. The Morgan fingerprint density at radius 2 is 1.75 bits per heavy atom. The zero-order valence-corrected chi connectivity index (χ0v) is 21.1. The van der Waals surface area contributed by atoms with E-state index in [1.165, 1.54) is 11.3 Å². The lowest BCUT2D eigenvalue weighted by Gasteiger charge is -2.30. The number of carbonyl (C=O) groups excluding carboxylic acids is 3. The molecule has 1 atom stereocenters. The van der Waals surface area contributed by atoms with Crippen molar-refractivity contribution < 1.29 is 14.4 Å². The van der Waals surface area contributed by atoms with Gasteiger partial charge in [-0.2, -0.15) is 0 Å². The van der Waals surface area contributed by atoms with E-state index in [0.717, 1.165) is 82.2 Å². The Kier molecular flexibility index (Phi) is 12.4. The predicted molar refractivity (Wildman–Crippen MR) is 133 cm³/mol. The van der Waals surface area contributed by atoms with Crippen LogP contribution in [0.15, 0.2) is 12.3 Å². The van der Waals surface area contributed by atoms with Gasteiger partial charge in [0.1, 0.15) is 5.78 Å². The number of ketones is 1. The average molecular weight is 465 g/mol. The molecule has 5 nitrogen and oxygen atoms in total. The number of unbranched alkanes of at least 4 members (excludes halogenated alkanes) is 3. The molecule has 0 radical (unpaired) electrons. The number of allylic oxidation sites excluding steroid dienone is 1. The second-order valence-corrected chi connectivity index (χ2v) is 10.8. The van der Waals surface area contributed by atoms with Gasteiger partial charge in [0.05, 0.1) is 5.25 Å². The quantitative estimate of drug-likeness (QED) is 0.242. The molecule has 182 valence electrons. The van der Waals surface area contributed by atoms with Gasteiger partial charge in [-0.25, -0.2) is 0 Å². The van der Waals surface area contributed by atoms with Crippen molar-refractivity contribution in [3.05, 3.63) is 12.3 Å². The normalized spacial score (nSPS) is 23.6. The number of imide groups is 1. The molecular weight excluding hydrogens is 420 g/mol. The standard InChI is InChI=1S/C26H44N2O3S/c1-4-6-8-11-23(29)22-14-12-21(13-15-22)19-28-25(30)18-24(26(28)31)32-17-9-10-20(3)27-16-7-5-2/h21-22,24,27H,3-19H2,1-2H3. The Hall–Kier alpha value is -1.30. The zero-order valence-electron chi connectivity index (χ0n) is 20.3. The van der Waals surface area contributed by atoms with Gasteiger partial charge < -0.3 is 5.32 Å². The molecule has 0 aromatic heterocycles. The van der Waals surface area contributed by atoms with Crippen LogP contribution in [0.3, 0.4) is 0 Å². The number of rotatable bonds is 16. The number of thioether (sulfide) groups is 1. The molecule has 0 spiro atoms. The van der Waals surface area contributed by atoms with Crippen LogP contribution < -0.4 is 5.32 Å². The van der Waals surface area contributed by atoms with Gasteiger partial charge in [-0.1, -0.05) is 39.7 Å². The first-order valence-corrected chi connectivity index (χ1v) is 13.9. The summed E-state index contributed by atoms with van der Waals surface area (Å²) in [7, 11) is 0. The summed E-state index contributed by atoms with van der Waals surface area (Å²) in [5.41, 5.74) is 1.06. The number of carbonyl (C=O) groups is 3. The Bertz CT molecular complexity index is 629. The Balaban J connectivity index is 1.66. The Morgan fingerprint density at radius 3 is 2.44 bits per heavy atom. The number of likely N-dealkylation sites (tertiary alicyclic amines) is 1. The average Bonchev–Trinajstić information content (AvgIpc) is 3.05. The summed E-state index contributed by atoms with van der Waals surface area (Å²) >= 11 is 1.62. The summed E-state index contributed by atoms with van der Waals surface area (Å²) in [5, 5.41) is 3.13. The van der Waals surface area contributed by atoms with Crippen molar-refractivity contribution in [2.75, 3.05) is 18.8 Å². The summed E-state index contributed by atoms with van der Waals surface area (Å²) in [6.45, 7) is 9.91. The van der Waals surface area contributed by atoms with Gasteiger partial charge in [0.2, 0.25) is 11.8 Å². The van der Waals surface area contributed by atoms with Crippen molar-refractivity contribution in [3.8, 4) is 0 Å². The SMILES string of the molecule is C=C(CCCSC1CC(=O)N(CC2CCC(C(=O)CCCCC)CC2)C1=O)NCCCC. The van der Waals surface area contributed by atoms with Gasteiger partial charge in [0.25, 0.3) is 0 Å². The maximum Gasteiger partial charge on any atom is 0.242 e. The fraction of sp³-hybridized carbons (Fsp3) is 0.808. The molecule has 0 bridgehead atoms. The molecule has 2 rings (SSSR count). The Morgan fingerprint density at radius 1 is 1.03 bits per heavy atom. The van der Waals surface area contributed by atoms with E-state index in [1.54, 1.807) is 11.8 Å². The van der Waals surface area contributed by atoms with Crippen LogP contribution in [0.1, 0.15) is 97.3 Å². The molecule has 1 aliphatic heterocycles. The van der Waals surface area contributed by atoms with Gasteiger partial charge in [0.15, 0.2) is 0 Å². The molecule has 1 N–H and O–H groups in total. The highest BCUT2D eigenvalue weighted by Gasteiger charge is 2.40. The first-order valence-electron chi connectivity index (χ1n) is 12.9. The number of hydrogen-bond acceptors (Lipinski definition) is 5. The van der Waals surface area contributed by atoms with E-state index in [2.05, 4.69) is 25.7 Å². The van der Waals surface area contributed by atoms with E-state index in [1.807, 2.05) is 0 Å². The van der Waals surface area contributed by atoms with Crippen molar-refractivity contribution >= 4 is 29.4 Å². The number of nitrogens with one attached hydrogen (secondary N) is 1. The monoisotopic (exact) mass is 464 g/mol. The maximum absolute atomic E-state index is 12.8. The van der Waals surface area contributed by atoms with Crippen molar-refractivity contribution in [1.82, 2.24) is 10.2 Å². The molecule has 1 saturated heterocycles. The molecule has 1 unspecified atom stereocenters. The molecule has 0 aromatic rings. The van der Waals surface area contributed by atoms with E-state index in [-0.39, 0.29) is 23.0 Å². The van der Waals surface area contributed by atoms with E-state index in [0.29, 0.717) is 31.1 Å². The van der Waals surface area contributed by atoms with E-state index >= 15 is 0 Å². The lowest BCUT2D eigenvalue weighted by molar-refractivity contribution is -0.139. The third kappa shape index (κ3) is 8.92. The summed E-state index contributed by atoms with van der Waals surface area (Å²) < 4.78 is 0. The van der Waals surface area contributed by atoms with Gasteiger partial charge in [-0.05, 0) is 63.0 Å². The highest BCUT2D eigenvalue weighted by molar-refractivity contribution is 8.00. The number of hydrogen-bond donors (Lipinski definition) is 1. The number of amides is 2. The molecule has 2 fully saturated rings. The van der Waals surface area contributed by atoms with E-state index in [4.69, 9.17) is 0 Å². The molecule has 1 heterocycles. The number of nitrogens with zero attached hydrogens (tertiary/aromatic N) is 1. The summed E-state index contributed by atoms with van der Waals surface area (Å²) in [6.07, 6.45) is 12.3. The third-order valence-corrected chi connectivity index (χ3v) is 8.11. The lowest BCUT2D eigenvalue weighted by atomic mass is 9.79. The van der Waals surface area contributed by atoms with Gasteiger partial charge in [-0.3, -0.25) is 19.3 Å². The van der Waals surface area contributed by atoms with Crippen LogP contribution in [0.4, 0.5) is 0 Å². The second-order valence-electron chi connectivity index (χ2n) is 9.53. The number of Topliss-reactive ketones (excluding diaryl/α,β-unsaturated/α-hetero) is 1. The zero-order chi connectivity index (χ0) is 23.3. The van der Waals surface area contributed by atoms with Crippen LogP contribution in [0.2, 0.25) is 0 Å². The lowest BCUT2D eigenvalue weighted by Crippen LogP contribution is -2.37. The van der Waals surface area contributed by atoms with Crippen LogP contribution in [-0.2, 0) is 14.4 Å². The fourth-order valence-corrected chi connectivity index (χ4v) is 5.82. The van der Waals surface area contributed by atoms with Crippen LogP contribution in [0.5, 0.6) is 0 Å². The minimum Gasteiger partial charge on any atom is -0.389 e. The molecule has 32 heavy (non-hydrogen) atoms. The molecular formula is C26H44N2O3S. The minimum absolute atomic E-state index is 0.00216. The van der Waals surface area contributed by atoms with E-state index in [9.17, 15) is 14.4 Å². The highest BCUT2D eigenvalue weighted by atomic mass is 32.2. The van der Waals surface area contributed by atoms with Crippen molar-refractivity contribution in [1.29, 1.82) is 0 Å². The highest BCUT2D eigenvalue weighted by Crippen LogP contribution is 2.33. The molecule has 2 aliphatic rings. The van der Waals surface area contributed by atoms with Gasteiger partial charge in [-0.15, -0.1) is 11.8 Å². The largest absolute Gasteiger partial charge is 0.389 e. The summed E-state index contributed by atoms with van der Waals surface area (Å²) in [5.74, 6) is 1.82. The topological polar surface area (TPSA) is 66.5 Å². The molecule has 2 amide bonds. The molecule has 6 heteroatoms. The van der Waals surface area contributed by atoms with Crippen molar-refractivity contribution in [2.45, 2.75) is 103 Å². The van der Waals surface area contributed by atoms with Crippen LogP contribution >= 0.6 is 11.8 Å². The maximum atomic E-state index is 12.8. The molecule has 1 saturated carbocycles. The molecule has 1 aliphatic carbocycles. The minimum atomic E-state index is -0.222. The second kappa shape index (κ2) is 14.8. The Labute approximate surface area is 199 Å². The van der Waals surface area contributed by atoms with Gasteiger partial charge in [0, 0.05) is 37.5 Å². The molecule has 0 aromatic carbocycles. The summed E-state index contributed by atoms with van der Waals surface area (Å²) in [4.78, 5) is 39.2. The van der Waals surface area contributed by atoms with E-state index < -0.39 is 0 Å². The summed E-state index contributed by atoms with van der Waals surface area (Å²) in [6, 6.07) is 0. The smallest absolute Gasteiger partial charge is 0.242 e. The van der Waals surface area contributed by atoms with Crippen LogP contribution in [-0.4, -0.2) is 46.6 Å².